The molecule has 2 heterocycles. The first-order chi connectivity index (χ1) is 10.3. The molecule has 0 atom stereocenters. The lowest BCUT2D eigenvalue weighted by Crippen LogP contribution is -2.13. The zero-order valence-corrected chi connectivity index (χ0v) is 11.3. The number of fused-ring (bicyclic) bond motifs is 1. The van der Waals surface area contributed by atoms with Crippen molar-refractivity contribution in [1.29, 1.82) is 0 Å². The summed E-state index contributed by atoms with van der Waals surface area (Å²) in [6, 6.07) is 11.0. The van der Waals surface area contributed by atoms with Gasteiger partial charge in [0.15, 0.2) is 0 Å². The highest BCUT2D eigenvalue weighted by Gasteiger charge is 2.26. The van der Waals surface area contributed by atoms with Gasteiger partial charge >= 0.3 is 0 Å². The fourth-order valence-corrected chi connectivity index (χ4v) is 2.35. The summed E-state index contributed by atoms with van der Waals surface area (Å²) in [6.45, 7) is 0. The second-order valence-corrected chi connectivity index (χ2v) is 5.30. The van der Waals surface area contributed by atoms with E-state index in [2.05, 4.69) is 20.3 Å². The summed E-state index contributed by atoms with van der Waals surface area (Å²) in [5.74, 6) is 1.43. The molecule has 1 aliphatic carbocycles. The predicted molar refractivity (Wildman–Crippen MR) is 80.3 cm³/mol. The molecule has 21 heavy (non-hydrogen) atoms. The maximum atomic E-state index is 12.1. The normalized spacial score (nSPS) is 14.3. The third-order valence-corrected chi connectivity index (χ3v) is 3.62. The van der Waals surface area contributed by atoms with Crippen molar-refractivity contribution in [3.8, 4) is 0 Å². The van der Waals surface area contributed by atoms with Gasteiger partial charge in [0.1, 0.15) is 11.5 Å². The SMILES string of the molecule is O=C(Nc1ccc2nc(C3CC3)[nH]c2c1)c1ccccn1. The fourth-order valence-electron chi connectivity index (χ4n) is 2.35. The Hall–Kier alpha value is -2.69. The maximum Gasteiger partial charge on any atom is 0.274 e. The zero-order valence-electron chi connectivity index (χ0n) is 11.3. The minimum Gasteiger partial charge on any atom is -0.342 e. The number of carbonyl (C=O) groups excluding carboxylic acids is 1. The van der Waals surface area contributed by atoms with E-state index in [4.69, 9.17) is 0 Å². The van der Waals surface area contributed by atoms with Crippen molar-refractivity contribution in [2.24, 2.45) is 0 Å². The minimum atomic E-state index is -0.211. The largest absolute Gasteiger partial charge is 0.342 e. The van der Waals surface area contributed by atoms with Gasteiger partial charge < -0.3 is 10.3 Å². The fraction of sp³-hybridized carbons (Fsp3) is 0.188. The topological polar surface area (TPSA) is 70.7 Å². The summed E-state index contributed by atoms with van der Waals surface area (Å²) >= 11 is 0. The number of imidazole rings is 1. The van der Waals surface area contributed by atoms with Gasteiger partial charge in [-0.25, -0.2) is 4.98 Å². The Balaban J connectivity index is 1.60. The third-order valence-electron chi connectivity index (χ3n) is 3.62. The standard InChI is InChI=1S/C16H14N4O/c21-16(13-3-1-2-8-17-13)18-11-6-7-12-14(9-11)20-15(19-12)10-4-5-10/h1-3,6-10H,4-5H2,(H,18,21)(H,19,20). The van der Waals surface area contributed by atoms with E-state index in [0.29, 0.717) is 11.6 Å². The molecule has 0 bridgehead atoms. The van der Waals surface area contributed by atoms with Crippen molar-refractivity contribution < 1.29 is 4.79 Å². The number of rotatable bonds is 3. The summed E-state index contributed by atoms with van der Waals surface area (Å²) < 4.78 is 0. The molecule has 104 valence electrons. The molecule has 1 fully saturated rings. The number of carbonyl (C=O) groups is 1. The maximum absolute atomic E-state index is 12.1. The monoisotopic (exact) mass is 278 g/mol. The van der Waals surface area contributed by atoms with Gasteiger partial charge in [0.05, 0.1) is 11.0 Å². The number of aromatic nitrogens is 3. The number of anilines is 1. The molecule has 0 radical (unpaired) electrons. The Morgan fingerprint density at radius 1 is 1.24 bits per heavy atom. The minimum absolute atomic E-state index is 0.211. The number of hydrogen-bond acceptors (Lipinski definition) is 3. The van der Waals surface area contributed by atoms with Gasteiger partial charge in [-0.2, -0.15) is 0 Å². The molecular weight excluding hydrogens is 264 g/mol. The van der Waals surface area contributed by atoms with Crippen molar-refractivity contribution in [3.05, 3.63) is 54.1 Å². The highest BCUT2D eigenvalue weighted by Crippen LogP contribution is 2.39. The molecule has 1 aliphatic rings. The number of pyridine rings is 1. The number of benzene rings is 1. The van der Waals surface area contributed by atoms with E-state index in [9.17, 15) is 4.79 Å². The van der Waals surface area contributed by atoms with Crippen molar-refractivity contribution in [2.45, 2.75) is 18.8 Å². The molecule has 0 unspecified atom stereocenters. The first-order valence-electron chi connectivity index (χ1n) is 7.02. The Morgan fingerprint density at radius 2 is 2.14 bits per heavy atom. The molecular formula is C16H14N4O. The van der Waals surface area contributed by atoms with E-state index >= 15 is 0 Å². The lowest BCUT2D eigenvalue weighted by Gasteiger charge is -2.04. The molecule has 1 aromatic carbocycles. The zero-order chi connectivity index (χ0) is 14.2. The number of amides is 1. The second-order valence-electron chi connectivity index (χ2n) is 5.30. The van der Waals surface area contributed by atoms with Crippen LogP contribution in [0, 0.1) is 0 Å². The van der Waals surface area contributed by atoms with Crippen LogP contribution in [0.15, 0.2) is 42.6 Å². The highest BCUT2D eigenvalue weighted by atomic mass is 16.1. The predicted octanol–water partition coefficient (Wildman–Crippen LogP) is 3.09. The van der Waals surface area contributed by atoms with Crippen molar-refractivity contribution >= 4 is 22.6 Å². The van der Waals surface area contributed by atoms with Crippen LogP contribution < -0.4 is 5.32 Å². The second kappa shape index (κ2) is 4.70. The van der Waals surface area contributed by atoms with Crippen LogP contribution in [0.5, 0.6) is 0 Å². The van der Waals surface area contributed by atoms with Crippen molar-refractivity contribution in [1.82, 2.24) is 15.0 Å². The smallest absolute Gasteiger partial charge is 0.274 e. The van der Waals surface area contributed by atoms with Crippen molar-refractivity contribution in [3.63, 3.8) is 0 Å². The average Bonchev–Trinajstić information content (AvgIpc) is 3.28. The van der Waals surface area contributed by atoms with Crippen LogP contribution >= 0.6 is 0 Å². The van der Waals surface area contributed by atoms with Gasteiger partial charge in [0.2, 0.25) is 0 Å². The molecule has 3 aromatic rings. The molecule has 5 nitrogen and oxygen atoms in total. The van der Waals surface area contributed by atoms with E-state index < -0.39 is 0 Å². The van der Waals surface area contributed by atoms with Gasteiger partial charge in [-0.15, -0.1) is 0 Å². The molecule has 4 rings (SSSR count). The van der Waals surface area contributed by atoms with Gasteiger partial charge in [-0.3, -0.25) is 9.78 Å². The Bertz CT molecular complexity index is 806. The number of nitrogens with zero attached hydrogens (tertiary/aromatic N) is 2. The van der Waals surface area contributed by atoms with Gasteiger partial charge in [0, 0.05) is 17.8 Å². The summed E-state index contributed by atoms with van der Waals surface area (Å²) in [4.78, 5) is 24.0. The van der Waals surface area contributed by atoms with E-state index in [0.717, 1.165) is 22.5 Å². The van der Waals surface area contributed by atoms with E-state index in [1.165, 1.54) is 12.8 Å². The first-order valence-corrected chi connectivity index (χ1v) is 7.02. The van der Waals surface area contributed by atoms with Crippen LogP contribution in [-0.2, 0) is 0 Å². The third kappa shape index (κ3) is 2.38. The molecule has 0 spiro atoms. The number of aromatic amines is 1. The van der Waals surface area contributed by atoms with E-state index in [1.807, 2.05) is 18.2 Å². The number of nitrogens with one attached hydrogen (secondary N) is 2. The molecule has 5 heteroatoms. The molecule has 1 amide bonds. The summed E-state index contributed by atoms with van der Waals surface area (Å²) in [6.07, 6.45) is 4.03. The van der Waals surface area contributed by atoms with Crippen LogP contribution in [0.25, 0.3) is 11.0 Å². The van der Waals surface area contributed by atoms with Gasteiger partial charge in [-0.1, -0.05) is 6.07 Å². The molecule has 0 saturated heterocycles. The van der Waals surface area contributed by atoms with Crippen LogP contribution in [0.1, 0.15) is 35.1 Å². The Morgan fingerprint density at radius 3 is 2.90 bits per heavy atom. The lowest BCUT2D eigenvalue weighted by molar-refractivity contribution is 0.102. The van der Waals surface area contributed by atoms with Crippen LogP contribution in [0.4, 0.5) is 5.69 Å². The number of hydrogen-bond donors (Lipinski definition) is 2. The molecule has 2 aromatic heterocycles. The van der Waals surface area contributed by atoms with E-state index in [-0.39, 0.29) is 5.91 Å². The molecule has 2 N–H and O–H groups in total. The molecule has 1 saturated carbocycles. The van der Waals surface area contributed by atoms with Crippen LogP contribution in [-0.4, -0.2) is 20.9 Å². The first kappa shape index (κ1) is 12.1. The Labute approximate surface area is 121 Å². The van der Waals surface area contributed by atoms with Crippen LogP contribution in [0.3, 0.4) is 0 Å². The van der Waals surface area contributed by atoms with Gasteiger partial charge in [0.25, 0.3) is 5.91 Å². The lowest BCUT2D eigenvalue weighted by atomic mass is 10.2. The van der Waals surface area contributed by atoms with Gasteiger partial charge in [-0.05, 0) is 43.2 Å². The average molecular weight is 278 g/mol. The molecule has 0 aliphatic heterocycles. The summed E-state index contributed by atoms with van der Waals surface area (Å²) in [7, 11) is 0. The summed E-state index contributed by atoms with van der Waals surface area (Å²) in [5.41, 5.74) is 3.04. The number of H-pyrrole nitrogens is 1. The Kier molecular flexibility index (Phi) is 2.70. The summed E-state index contributed by atoms with van der Waals surface area (Å²) in [5, 5.41) is 2.86. The highest BCUT2D eigenvalue weighted by molar-refractivity contribution is 6.03. The van der Waals surface area contributed by atoms with Crippen LogP contribution in [0.2, 0.25) is 0 Å². The quantitative estimate of drug-likeness (QED) is 0.773. The van der Waals surface area contributed by atoms with E-state index in [1.54, 1.807) is 24.4 Å². The van der Waals surface area contributed by atoms with Crippen molar-refractivity contribution in [2.75, 3.05) is 5.32 Å².